The second-order valence-corrected chi connectivity index (χ2v) is 8.75. The zero-order valence-electron chi connectivity index (χ0n) is 18.5. The summed E-state index contributed by atoms with van der Waals surface area (Å²) in [5, 5.41) is 0.684. The highest BCUT2D eigenvalue weighted by atomic mass is 35.5. The summed E-state index contributed by atoms with van der Waals surface area (Å²) < 4.78 is 1.84. The van der Waals surface area contributed by atoms with Gasteiger partial charge in [-0.25, -0.2) is 4.98 Å². The van der Waals surface area contributed by atoms with Gasteiger partial charge in [-0.2, -0.15) is 0 Å². The summed E-state index contributed by atoms with van der Waals surface area (Å²) in [6.07, 6.45) is 17.3. The maximum Gasteiger partial charge on any atom is 0.185 e. The van der Waals surface area contributed by atoms with E-state index in [1.807, 2.05) is 35.9 Å². The number of benzene rings is 1. The van der Waals surface area contributed by atoms with Crippen LogP contribution in [0.4, 0.5) is 0 Å². The quantitative estimate of drug-likeness (QED) is 0.450. The van der Waals surface area contributed by atoms with E-state index in [0.717, 1.165) is 35.2 Å². The van der Waals surface area contributed by atoms with Gasteiger partial charge in [-0.3, -0.25) is 4.79 Å². The number of hydrogen-bond donors (Lipinski definition) is 1. The fourth-order valence-corrected chi connectivity index (χ4v) is 4.13. The van der Waals surface area contributed by atoms with Gasteiger partial charge in [0.25, 0.3) is 0 Å². The lowest BCUT2D eigenvalue weighted by molar-refractivity contribution is 0.111. The van der Waals surface area contributed by atoms with Crippen molar-refractivity contribution in [1.82, 2.24) is 9.55 Å². The SMILES string of the molecule is Cc1ccc(-c2c(C3=CC=C(Cl)C=CC3)nc(C=O)n2C)cc1.NC1CCCCCC1. The third-order valence-electron chi connectivity index (χ3n) is 5.82. The molecule has 1 saturated carbocycles. The highest BCUT2D eigenvalue weighted by molar-refractivity contribution is 6.31. The monoisotopic (exact) mass is 437 g/mol. The zero-order chi connectivity index (χ0) is 22.2. The Morgan fingerprint density at radius 1 is 1.10 bits per heavy atom. The van der Waals surface area contributed by atoms with Crippen molar-refractivity contribution in [3.05, 3.63) is 70.7 Å². The first-order chi connectivity index (χ1) is 15.0. The van der Waals surface area contributed by atoms with Crippen LogP contribution in [-0.4, -0.2) is 21.9 Å². The van der Waals surface area contributed by atoms with E-state index in [4.69, 9.17) is 17.3 Å². The van der Waals surface area contributed by atoms with Gasteiger partial charge in [0.05, 0.1) is 11.4 Å². The van der Waals surface area contributed by atoms with Gasteiger partial charge in [0.15, 0.2) is 12.1 Å². The minimum absolute atomic E-state index is 0.416. The third kappa shape index (κ3) is 6.28. The highest BCUT2D eigenvalue weighted by Crippen LogP contribution is 2.32. The van der Waals surface area contributed by atoms with Crippen LogP contribution in [0.2, 0.25) is 0 Å². The zero-order valence-corrected chi connectivity index (χ0v) is 19.2. The first-order valence-electron chi connectivity index (χ1n) is 11.1. The van der Waals surface area contributed by atoms with Gasteiger partial charge < -0.3 is 10.3 Å². The molecule has 1 heterocycles. The van der Waals surface area contributed by atoms with E-state index in [1.54, 1.807) is 0 Å². The van der Waals surface area contributed by atoms with E-state index in [2.05, 4.69) is 36.2 Å². The molecule has 0 radical (unpaired) electrons. The van der Waals surface area contributed by atoms with Crippen molar-refractivity contribution in [3.63, 3.8) is 0 Å². The van der Waals surface area contributed by atoms with E-state index in [9.17, 15) is 4.79 Å². The van der Waals surface area contributed by atoms with E-state index in [-0.39, 0.29) is 0 Å². The van der Waals surface area contributed by atoms with E-state index in [1.165, 1.54) is 44.1 Å². The fourth-order valence-electron chi connectivity index (χ4n) is 3.98. The van der Waals surface area contributed by atoms with Crippen LogP contribution in [0.1, 0.15) is 66.8 Å². The number of rotatable bonds is 3. The molecule has 31 heavy (non-hydrogen) atoms. The lowest BCUT2D eigenvalue weighted by atomic mass is 10.0. The summed E-state index contributed by atoms with van der Waals surface area (Å²) in [6, 6.07) is 8.76. The Labute approximate surface area is 190 Å². The van der Waals surface area contributed by atoms with Gasteiger partial charge in [-0.1, -0.05) is 79.3 Å². The number of nitrogens with zero attached hydrogens (tertiary/aromatic N) is 2. The summed E-state index contributed by atoms with van der Waals surface area (Å²) >= 11 is 6.06. The Hall–Kier alpha value is -2.43. The molecule has 2 aromatic rings. The summed E-state index contributed by atoms with van der Waals surface area (Å²) in [6.45, 7) is 2.05. The Morgan fingerprint density at radius 3 is 2.42 bits per heavy atom. The first kappa shape index (κ1) is 23.2. The predicted octanol–water partition coefficient (Wildman–Crippen LogP) is 6.34. The normalized spacial score (nSPS) is 17.0. The number of allylic oxidation sites excluding steroid dienone is 6. The van der Waals surface area contributed by atoms with Crippen molar-refractivity contribution in [2.75, 3.05) is 0 Å². The van der Waals surface area contributed by atoms with Crippen molar-refractivity contribution in [2.24, 2.45) is 12.8 Å². The van der Waals surface area contributed by atoms with Crippen LogP contribution in [0, 0.1) is 6.92 Å². The Kier molecular flexibility index (Phi) is 8.44. The maximum absolute atomic E-state index is 11.3. The molecule has 164 valence electrons. The van der Waals surface area contributed by atoms with Crippen molar-refractivity contribution in [1.29, 1.82) is 0 Å². The molecule has 2 aliphatic carbocycles. The Morgan fingerprint density at radius 2 is 1.77 bits per heavy atom. The van der Waals surface area contributed by atoms with Crippen LogP contribution in [-0.2, 0) is 7.05 Å². The van der Waals surface area contributed by atoms with Crippen LogP contribution in [0.5, 0.6) is 0 Å². The maximum atomic E-state index is 11.3. The molecule has 0 spiro atoms. The smallest absolute Gasteiger partial charge is 0.185 e. The molecule has 1 aromatic carbocycles. The molecule has 0 atom stereocenters. The van der Waals surface area contributed by atoms with Crippen molar-refractivity contribution >= 4 is 23.5 Å². The molecular weight excluding hydrogens is 406 g/mol. The molecule has 5 heteroatoms. The van der Waals surface area contributed by atoms with Gasteiger partial charge >= 0.3 is 0 Å². The highest BCUT2D eigenvalue weighted by Gasteiger charge is 2.19. The lowest BCUT2D eigenvalue weighted by Crippen LogP contribution is -2.17. The molecule has 2 N–H and O–H groups in total. The first-order valence-corrected chi connectivity index (χ1v) is 11.4. The summed E-state index contributed by atoms with van der Waals surface area (Å²) in [4.78, 5) is 15.9. The van der Waals surface area contributed by atoms with Crippen LogP contribution in [0.3, 0.4) is 0 Å². The molecule has 0 saturated heterocycles. The van der Waals surface area contributed by atoms with Crippen LogP contribution in [0.25, 0.3) is 16.8 Å². The average molecular weight is 438 g/mol. The molecule has 1 fully saturated rings. The minimum Gasteiger partial charge on any atom is -0.328 e. The van der Waals surface area contributed by atoms with Crippen molar-refractivity contribution in [3.8, 4) is 11.3 Å². The number of aromatic nitrogens is 2. The van der Waals surface area contributed by atoms with Crippen LogP contribution >= 0.6 is 11.6 Å². The topological polar surface area (TPSA) is 60.9 Å². The number of carbonyl (C=O) groups excluding carboxylic acids is 1. The molecule has 0 aliphatic heterocycles. The van der Waals surface area contributed by atoms with Gasteiger partial charge in [0.1, 0.15) is 0 Å². The molecular formula is C26H32ClN3O. The molecule has 2 aliphatic rings. The number of hydrogen-bond acceptors (Lipinski definition) is 3. The number of nitrogens with two attached hydrogens (primary N) is 1. The van der Waals surface area contributed by atoms with E-state index in [0.29, 0.717) is 16.9 Å². The summed E-state index contributed by atoms with van der Waals surface area (Å²) in [5.74, 6) is 0.416. The molecule has 0 bridgehead atoms. The second kappa shape index (κ2) is 11.3. The average Bonchev–Trinajstić information content (AvgIpc) is 2.93. The standard InChI is InChI=1S/C19H17ClN2O.C7H15N/c1-13-6-8-15(9-7-13)19-18(21-17(12-23)22(19)2)14-4-3-5-16(20)11-10-14;8-7-5-3-1-2-4-6-7/h3,5-12H,4H2,1-2H3;7H,1-6,8H2. The Bertz CT molecular complexity index is 975. The van der Waals surface area contributed by atoms with Crippen molar-refractivity contribution < 1.29 is 4.79 Å². The van der Waals surface area contributed by atoms with Gasteiger partial charge in [-0.15, -0.1) is 0 Å². The number of aldehydes is 1. The molecule has 0 amide bonds. The largest absolute Gasteiger partial charge is 0.328 e. The lowest BCUT2D eigenvalue weighted by Gasteiger charge is -2.09. The van der Waals surface area contributed by atoms with Crippen molar-refractivity contribution in [2.45, 2.75) is 57.9 Å². The van der Waals surface area contributed by atoms with Crippen LogP contribution in [0.15, 0.2) is 53.6 Å². The number of aryl methyl sites for hydroxylation is 1. The van der Waals surface area contributed by atoms with Gasteiger partial charge in [-0.05, 0) is 43.9 Å². The molecule has 4 nitrogen and oxygen atoms in total. The summed E-state index contributed by atoms with van der Waals surface area (Å²) in [7, 11) is 1.87. The molecule has 1 aromatic heterocycles. The Balaban J connectivity index is 0.000000287. The second-order valence-electron chi connectivity index (χ2n) is 8.31. The summed E-state index contributed by atoms with van der Waals surface area (Å²) in [5.41, 5.74) is 10.8. The number of imidazole rings is 1. The van der Waals surface area contributed by atoms with E-state index >= 15 is 0 Å². The number of carbonyl (C=O) groups is 1. The predicted molar refractivity (Wildman–Crippen MR) is 130 cm³/mol. The van der Waals surface area contributed by atoms with Crippen LogP contribution < -0.4 is 5.73 Å². The molecule has 4 rings (SSSR count). The third-order valence-corrected chi connectivity index (χ3v) is 6.07. The fraction of sp³-hybridized carbons (Fsp3) is 0.385. The van der Waals surface area contributed by atoms with Gasteiger partial charge in [0.2, 0.25) is 0 Å². The van der Waals surface area contributed by atoms with Gasteiger partial charge in [0, 0.05) is 23.7 Å². The van der Waals surface area contributed by atoms with E-state index < -0.39 is 0 Å². The molecule has 0 unspecified atom stereocenters. The number of halogens is 1. The minimum atomic E-state index is 0.416.